The highest BCUT2D eigenvalue weighted by Gasteiger charge is 2.11. The van der Waals surface area contributed by atoms with Crippen molar-refractivity contribution in [3.05, 3.63) is 65.5 Å². The summed E-state index contributed by atoms with van der Waals surface area (Å²) in [6.45, 7) is -1.05. The van der Waals surface area contributed by atoms with Crippen molar-refractivity contribution in [2.75, 3.05) is 6.61 Å². The van der Waals surface area contributed by atoms with E-state index in [-0.39, 0.29) is 24.5 Å². The lowest BCUT2D eigenvalue weighted by molar-refractivity contribution is -0.126. The number of carbonyl (C=O) groups is 2. The van der Waals surface area contributed by atoms with E-state index in [0.29, 0.717) is 11.1 Å². The van der Waals surface area contributed by atoms with Gasteiger partial charge in [-0.05, 0) is 48.4 Å². The Hall–Kier alpha value is -3.49. The van der Waals surface area contributed by atoms with Crippen LogP contribution in [0.2, 0.25) is 0 Å². The quantitative estimate of drug-likeness (QED) is 0.520. The summed E-state index contributed by atoms with van der Waals surface area (Å²) in [5.41, 5.74) is 5.53. The van der Waals surface area contributed by atoms with Crippen LogP contribution in [0.1, 0.15) is 18.1 Å². The number of halogens is 3. The van der Waals surface area contributed by atoms with Crippen molar-refractivity contribution in [3.8, 4) is 11.5 Å². The molecule has 0 saturated carbocycles. The lowest BCUT2D eigenvalue weighted by Gasteiger charge is -2.11. The first-order chi connectivity index (χ1) is 13.9. The first kappa shape index (κ1) is 21.8. The van der Waals surface area contributed by atoms with Crippen LogP contribution < -0.4 is 20.3 Å². The Morgan fingerprint density at radius 2 is 1.79 bits per heavy atom. The molecule has 2 N–H and O–H groups in total. The van der Waals surface area contributed by atoms with Crippen molar-refractivity contribution in [1.82, 2.24) is 10.9 Å². The number of alkyl halides is 2. The van der Waals surface area contributed by atoms with Crippen LogP contribution in [-0.2, 0) is 16.0 Å². The first-order valence-electron chi connectivity index (χ1n) is 8.60. The molecule has 0 heterocycles. The summed E-state index contributed by atoms with van der Waals surface area (Å²) >= 11 is 0. The van der Waals surface area contributed by atoms with E-state index in [1.54, 1.807) is 6.92 Å². The largest absolute Gasteiger partial charge is 0.490 e. The summed E-state index contributed by atoms with van der Waals surface area (Å²) in [5.74, 6) is -1.50. The highest BCUT2D eigenvalue weighted by atomic mass is 19.3. The maximum absolute atomic E-state index is 12.8. The molecule has 29 heavy (non-hydrogen) atoms. The fourth-order valence-corrected chi connectivity index (χ4v) is 2.27. The van der Waals surface area contributed by atoms with E-state index in [0.717, 1.165) is 6.08 Å². The smallest absolute Gasteiger partial charge is 0.387 e. The van der Waals surface area contributed by atoms with E-state index < -0.39 is 24.2 Å². The lowest BCUT2D eigenvalue weighted by atomic mass is 10.1. The summed E-state index contributed by atoms with van der Waals surface area (Å²) in [6.07, 6.45) is 2.53. The van der Waals surface area contributed by atoms with Gasteiger partial charge in [-0.2, -0.15) is 8.78 Å². The number of nitrogens with one attached hydrogen (secondary N) is 2. The average Bonchev–Trinajstić information content (AvgIpc) is 2.68. The number of carbonyl (C=O) groups excluding carboxylic acids is 2. The van der Waals surface area contributed by atoms with Crippen LogP contribution in [0.4, 0.5) is 13.2 Å². The van der Waals surface area contributed by atoms with Gasteiger partial charge in [0.25, 0.3) is 5.91 Å². The van der Waals surface area contributed by atoms with Crippen molar-refractivity contribution in [2.24, 2.45) is 0 Å². The van der Waals surface area contributed by atoms with Gasteiger partial charge >= 0.3 is 6.61 Å². The van der Waals surface area contributed by atoms with Crippen LogP contribution in [0.5, 0.6) is 11.5 Å². The van der Waals surface area contributed by atoms with Gasteiger partial charge in [-0.25, -0.2) is 4.39 Å². The van der Waals surface area contributed by atoms with Crippen LogP contribution in [-0.4, -0.2) is 25.0 Å². The van der Waals surface area contributed by atoms with Crippen LogP contribution in [0.3, 0.4) is 0 Å². The van der Waals surface area contributed by atoms with Gasteiger partial charge in [-0.15, -0.1) is 0 Å². The molecule has 0 saturated heterocycles. The third-order valence-electron chi connectivity index (χ3n) is 3.51. The molecule has 0 aromatic heterocycles. The Kier molecular flexibility index (Phi) is 8.08. The fraction of sp³-hybridized carbons (Fsp3) is 0.200. The zero-order valence-corrected chi connectivity index (χ0v) is 15.5. The second kappa shape index (κ2) is 10.7. The number of amides is 2. The molecule has 0 fully saturated rings. The maximum Gasteiger partial charge on any atom is 0.387 e. The number of hydrogen-bond acceptors (Lipinski definition) is 4. The van der Waals surface area contributed by atoms with Gasteiger partial charge in [-0.1, -0.05) is 18.2 Å². The molecular weight excluding hydrogens is 389 g/mol. The molecule has 0 unspecified atom stereocenters. The summed E-state index contributed by atoms with van der Waals surface area (Å²) in [7, 11) is 0. The minimum Gasteiger partial charge on any atom is -0.490 e. The normalized spacial score (nSPS) is 10.8. The number of hydrazine groups is 1. The Bertz CT molecular complexity index is 871. The Morgan fingerprint density at radius 3 is 2.45 bits per heavy atom. The Morgan fingerprint density at radius 1 is 1.07 bits per heavy atom. The summed E-state index contributed by atoms with van der Waals surface area (Å²) in [5, 5.41) is 0. The van der Waals surface area contributed by atoms with E-state index in [1.165, 1.54) is 48.5 Å². The van der Waals surface area contributed by atoms with Gasteiger partial charge in [0.05, 0.1) is 13.0 Å². The maximum atomic E-state index is 12.8. The molecule has 0 aliphatic rings. The van der Waals surface area contributed by atoms with Crippen molar-refractivity contribution >= 4 is 17.9 Å². The zero-order valence-electron chi connectivity index (χ0n) is 15.5. The molecular formula is C20H19F3N2O4. The van der Waals surface area contributed by atoms with E-state index in [9.17, 15) is 22.8 Å². The zero-order chi connectivity index (χ0) is 21.2. The van der Waals surface area contributed by atoms with Crippen molar-refractivity contribution in [2.45, 2.75) is 20.0 Å². The first-order valence-corrected chi connectivity index (χ1v) is 8.60. The molecule has 6 nitrogen and oxygen atoms in total. The molecule has 0 atom stereocenters. The highest BCUT2D eigenvalue weighted by Crippen LogP contribution is 2.30. The van der Waals surface area contributed by atoms with Crippen molar-refractivity contribution in [1.29, 1.82) is 0 Å². The molecule has 9 heteroatoms. The number of ether oxygens (including phenoxy) is 2. The molecule has 2 amide bonds. The predicted molar refractivity (Wildman–Crippen MR) is 99.7 cm³/mol. The molecule has 2 aromatic carbocycles. The Balaban J connectivity index is 1.89. The van der Waals surface area contributed by atoms with Crippen molar-refractivity contribution < 1.29 is 32.2 Å². The van der Waals surface area contributed by atoms with Crippen LogP contribution in [0.15, 0.2) is 48.5 Å². The van der Waals surface area contributed by atoms with Crippen LogP contribution in [0, 0.1) is 5.82 Å². The van der Waals surface area contributed by atoms with Gasteiger partial charge < -0.3 is 9.47 Å². The number of hydrogen-bond donors (Lipinski definition) is 2. The SMILES string of the molecule is CCOc1cc(/C=C/C(=O)NNC(=O)Cc2ccc(F)cc2)ccc1OC(F)F. The van der Waals surface area contributed by atoms with E-state index in [4.69, 9.17) is 4.74 Å². The van der Waals surface area contributed by atoms with E-state index in [1.807, 2.05) is 0 Å². The average molecular weight is 408 g/mol. The number of rotatable bonds is 8. The van der Waals surface area contributed by atoms with Gasteiger partial charge in [0.15, 0.2) is 11.5 Å². The van der Waals surface area contributed by atoms with Gasteiger partial charge in [0.1, 0.15) is 5.82 Å². The molecule has 0 aliphatic heterocycles. The molecule has 0 spiro atoms. The van der Waals surface area contributed by atoms with Crippen LogP contribution in [0.25, 0.3) is 6.08 Å². The predicted octanol–water partition coefficient (Wildman–Crippen LogP) is 3.23. The van der Waals surface area contributed by atoms with Crippen molar-refractivity contribution in [3.63, 3.8) is 0 Å². The third kappa shape index (κ3) is 7.57. The molecule has 0 bridgehead atoms. The summed E-state index contributed by atoms with van der Waals surface area (Å²) in [6, 6.07) is 9.62. The topological polar surface area (TPSA) is 76.7 Å². The third-order valence-corrected chi connectivity index (χ3v) is 3.51. The monoisotopic (exact) mass is 408 g/mol. The number of benzene rings is 2. The lowest BCUT2D eigenvalue weighted by Crippen LogP contribution is -2.41. The van der Waals surface area contributed by atoms with Gasteiger partial charge in [-0.3, -0.25) is 20.4 Å². The summed E-state index contributed by atoms with van der Waals surface area (Å²) < 4.78 is 47.3. The van der Waals surface area contributed by atoms with E-state index in [2.05, 4.69) is 15.6 Å². The Labute approximate surface area is 165 Å². The minimum atomic E-state index is -2.99. The fourth-order valence-electron chi connectivity index (χ4n) is 2.27. The van der Waals surface area contributed by atoms with Gasteiger partial charge in [0.2, 0.25) is 5.91 Å². The molecule has 2 aromatic rings. The second-order valence-electron chi connectivity index (χ2n) is 5.69. The molecule has 0 aliphatic carbocycles. The second-order valence-corrected chi connectivity index (χ2v) is 5.69. The van der Waals surface area contributed by atoms with Gasteiger partial charge in [0, 0.05) is 6.08 Å². The highest BCUT2D eigenvalue weighted by molar-refractivity contribution is 5.93. The van der Waals surface area contributed by atoms with E-state index >= 15 is 0 Å². The molecule has 2 rings (SSSR count). The molecule has 0 radical (unpaired) electrons. The standard InChI is InChI=1S/C20H19F3N2O4/c1-2-28-17-11-13(5-9-16(17)29-20(22)23)6-10-18(26)24-25-19(27)12-14-3-7-15(21)8-4-14/h3-11,20H,2,12H2,1H3,(H,24,26)(H,25,27)/b10-6+. The van der Waals surface area contributed by atoms with Crippen LogP contribution >= 0.6 is 0 Å². The summed E-state index contributed by atoms with van der Waals surface area (Å²) in [4.78, 5) is 23.6. The minimum absolute atomic E-state index is 0.0341. The molecule has 154 valence electrons.